The molecular formula is C32H42N2O4. The molecule has 0 aromatic heterocycles. The number of ether oxygens (including phenoxy) is 1. The Morgan fingerprint density at radius 2 is 1.71 bits per heavy atom. The van der Waals surface area contributed by atoms with Gasteiger partial charge in [0.2, 0.25) is 0 Å². The molecule has 0 amide bonds. The fraction of sp³-hybridized carbons (Fsp3) is 0.375. The number of anilines is 1. The van der Waals surface area contributed by atoms with Crippen molar-refractivity contribution in [1.29, 1.82) is 0 Å². The van der Waals surface area contributed by atoms with Crippen molar-refractivity contribution in [3.8, 4) is 22.6 Å². The third-order valence-corrected chi connectivity index (χ3v) is 6.53. The predicted octanol–water partition coefficient (Wildman–Crippen LogP) is 6.94. The quantitative estimate of drug-likeness (QED) is 0.248. The summed E-state index contributed by atoms with van der Waals surface area (Å²) in [4.78, 5) is 24.5. The Kier molecular flexibility index (Phi) is 13.1. The van der Waals surface area contributed by atoms with Crippen molar-refractivity contribution < 1.29 is 19.4 Å². The summed E-state index contributed by atoms with van der Waals surface area (Å²) in [5, 5.41) is 12.5. The number of phenolic OH excluding ortho intramolecular Hbond substituents is 1. The van der Waals surface area contributed by atoms with Crippen LogP contribution in [0.4, 0.5) is 5.69 Å². The van der Waals surface area contributed by atoms with Crippen molar-refractivity contribution >= 4 is 17.8 Å². The minimum Gasteiger partial charge on any atom is -0.507 e. The molecule has 3 aromatic rings. The molecule has 38 heavy (non-hydrogen) atoms. The highest BCUT2D eigenvalue weighted by atomic mass is 16.5. The van der Waals surface area contributed by atoms with E-state index in [1.54, 1.807) is 19.1 Å². The fourth-order valence-corrected chi connectivity index (χ4v) is 4.28. The summed E-state index contributed by atoms with van der Waals surface area (Å²) in [5.74, 6) is 1.46. The van der Waals surface area contributed by atoms with Gasteiger partial charge < -0.3 is 20.1 Å². The Morgan fingerprint density at radius 1 is 1.03 bits per heavy atom. The second-order valence-corrected chi connectivity index (χ2v) is 9.15. The topological polar surface area (TPSA) is 78.9 Å². The van der Waals surface area contributed by atoms with Crippen LogP contribution in [0, 0.1) is 5.92 Å². The van der Waals surface area contributed by atoms with Crippen LogP contribution >= 0.6 is 0 Å². The number of carbonyl (C=O) groups excluding carboxylic acids is 2. The molecule has 4 rings (SSSR count). The first-order chi connectivity index (χ1) is 18.4. The third kappa shape index (κ3) is 9.34. The maximum absolute atomic E-state index is 11.4. The van der Waals surface area contributed by atoms with Crippen LogP contribution in [0.2, 0.25) is 0 Å². The van der Waals surface area contributed by atoms with Crippen LogP contribution in [0.1, 0.15) is 60.7 Å². The number of aromatic hydroxyl groups is 1. The van der Waals surface area contributed by atoms with E-state index in [4.69, 9.17) is 4.74 Å². The lowest BCUT2D eigenvalue weighted by atomic mass is 9.94. The molecule has 1 heterocycles. The van der Waals surface area contributed by atoms with Gasteiger partial charge in [-0.3, -0.25) is 9.59 Å². The maximum Gasteiger partial charge on any atom is 0.161 e. The van der Waals surface area contributed by atoms with Gasteiger partial charge in [-0.15, -0.1) is 0 Å². The third-order valence-electron chi connectivity index (χ3n) is 6.53. The van der Waals surface area contributed by atoms with Gasteiger partial charge in [0.25, 0.3) is 0 Å². The molecule has 6 heteroatoms. The SMILES string of the molecule is CC.CN1CCC(CCOc2ccc(O)c(C=O)c2)CC1.CNc1cc(-c2ccccc2)ccc1C(C)=O. The number of likely N-dealkylation sites (tertiary alicyclic amines) is 1. The van der Waals surface area contributed by atoms with Crippen molar-refractivity contribution in [2.45, 2.75) is 40.0 Å². The fourth-order valence-electron chi connectivity index (χ4n) is 4.28. The summed E-state index contributed by atoms with van der Waals surface area (Å²) in [6, 6.07) is 20.7. The summed E-state index contributed by atoms with van der Waals surface area (Å²) in [6.45, 7) is 8.58. The van der Waals surface area contributed by atoms with E-state index in [-0.39, 0.29) is 17.1 Å². The first kappa shape index (κ1) is 30.6. The Labute approximate surface area is 227 Å². The molecule has 2 N–H and O–H groups in total. The van der Waals surface area contributed by atoms with Gasteiger partial charge in [0.15, 0.2) is 12.1 Å². The molecule has 1 fully saturated rings. The monoisotopic (exact) mass is 518 g/mol. The van der Waals surface area contributed by atoms with Crippen molar-refractivity contribution in [3.63, 3.8) is 0 Å². The van der Waals surface area contributed by atoms with Gasteiger partial charge in [-0.25, -0.2) is 0 Å². The van der Waals surface area contributed by atoms with E-state index < -0.39 is 0 Å². The smallest absolute Gasteiger partial charge is 0.161 e. The lowest BCUT2D eigenvalue weighted by Gasteiger charge is -2.28. The lowest BCUT2D eigenvalue weighted by molar-refractivity contribution is 0.101. The van der Waals surface area contributed by atoms with Gasteiger partial charge in [-0.05, 0) is 93.7 Å². The molecule has 0 saturated carbocycles. The first-order valence-corrected chi connectivity index (χ1v) is 13.4. The Morgan fingerprint density at radius 3 is 2.32 bits per heavy atom. The Hall–Kier alpha value is -3.64. The van der Waals surface area contributed by atoms with Crippen LogP contribution in [0.15, 0.2) is 66.7 Å². The highest BCUT2D eigenvalue weighted by molar-refractivity contribution is 6.00. The minimum atomic E-state index is -0.00216. The largest absolute Gasteiger partial charge is 0.507 e. The number of benzene rings is 3. The lowest BCUT2D eigenvalue weighted by Crippen LogP contribution is -2.30. The van der Waals surface area contributed by atoms with E-state index in [1.807, 2.05) is 57.3 Å². The van der Waals surface area contributed by atoms with Crippen LogP contribution in [-0.2, 0) is 0 Å². The molecule has 0 atom stereocenters. The Bertz CT molecular complexity index is 1140. The van der Waals surface area contributed by atoms with Gasteiger partial charge in [0.05, 0.1) is 12.2 Å². The molecule has 1 aliphatic rings. The van der Waals surface area contributed by atoms with Gasteiger partial charge in [-0.1, -0.05) is 50.2 Å². The number of nitrogens with zero attached hydrogens (tertiary/aromatic N) is 1. The molecule has 1 saturated heterocycles. The number of carbonyl (C=O) groups is 2. The zero-order chi connectivity index (χ0) is 27.9. The summed E-state index contributed by atoms with van der Waals surface area (Å²) in [5.41, 5.74) is 4.14. The molecule has 3 aromatic carbocycles. The van der Waals surface area contributed by atoms with E-state index in [2.05, 4.69) is 29.4 Å². The number of phenols is 1. The van der Waals surface area contributed by atoms with Gasteiger partial charge in [-0.2, -0.15) is 0 Å². The molecular weight excluding hydrogens is 476 g/mol. The van der Waals surface area contributed by atoms with E-state index >= 15 is 0 Å². The van der Waals surface area contributed by atoms with Gasteiger partial charge in [0.1, 0.15) is 11.5 Å². The molecule has 6 nitrogen and oxygen atoms in total. The number of piperidine rings is 1. The van der Waals surface area contributed by atoms with Crippen molar-refractivity contribution in [1.82, 2.24) is 4.90 Å². The molecule has 204 valence electrons. The van der Waals surface area contributed by atoms with E-state index in [9.17, 15) is 14.7 Å². The second-order valence-electron chi connectivity index (χ2n) is 9.15. The number of ketones is 1. The average molecular weight is 519 g/mol. The summed E-state index contributed by atoms with van der Waals surface area (Å²) in [7, 11) is 3.99. The molecule has 0 unspecified atom stereocenters. The van der Waals surface area contributed by atoms with Gasteiger partial charge in [0, 0.05) is 18.3 Å². The molecule has 0 bridgehead atoms. The van der Waals surface area contributed by atoms with Gasteiger partial charge >= 0.3 is 0 Å². The summed E-state index contributed by atoms with van der Waals surface area (Å²) >= 11 is 0. The highest BCUT2D eigenvalue weighted by Crippen LogP contribution is 2.26. The van der Waals surface area contributed by atoms with Crippen LogP contribution in [0.25, 0.3) is 11.1 Å². The zero-order valence-corrected chi connectivity index (χ0v) is 23.4. The predicted molar refractivity (Wildman–Crippen MR) is 157 cm³/mol. The summed E-state index contributed by atoms with van der Waals surface area (Å²) < 4.78 is 5.65. The number of aldehydes is 1. The molecule has 0 spiro atoms. The standard InChI is InChI=1S/C15H21NO3.C15H15NO.C2H6/c1-16-7-4-12(5-8-16)6-9-19-14-2-3-15(18)13(10-14)11-17;1-11(17)14-9-8-13(10-15(14)16-2)12-6-4-3-5-7-12;1-2/h2-3,10-12,18H,4-9H2,1H3;3-10,16H,1-2H3;1-2H3. The maximum atomic E-state index is 11.4. The summed E-state index contributed by atoms with van der Waals surface area (Å²) in [6.07, 6.45) is 4.15. The van der Waals surface area contributed by atoms with E-state index in [1.165, 1.54) is 32.0 Å². The van der Waals surface area contributed by atoms with Crippen molar-refractivity contribution in [2.75, 3.05) is 39.1 Å². The number of hydrogen-bond acceptors (Lipinski definition) is 6. The van der Waals surface area contributed by atoms with Crippen LogP contribution in [-0.4, -0.2) is 55.9 Å². The van der Waals surface area contributed by atoms with Crippen LogP contribution in [0.5, 0.6) is 11.5 Å². The van der Waals surface area contributed by atoms with E-state index in [0.29, 0.717) is 18.6 Å². The Balaban J connectivity index is 0.000000252. The molecule has 0 aliphatic carbocycles. The van der Waals surface area contributed by atoms with Crippen molar-refractivity contribution in [3.05, 3.63) is 77.9 Å². The molecule has 0 radical (unpaired) electrons. The van der Waals surface area contributed by atoms with Crippen LogP contribution < -0.4 is 10.1 Å². The average Bonchev–Trinajstić information content (AvgIpc) is 2.96. The second kappa shape index (κ2) is 16.3. The molecule has 1 aliphatic heterocycles. The number of rotatable bonds is 8. The zero-order valence-electron chi connectivity index (χ0n) is 23.4. The number of nitrogens with one attached hydrogen (secondary N) is 1. The first-order valence-electron chi connectivity index (χ1n) is 13.4. The minimum absolute atomic E-state index is 0.00216. The number of hydrogen-bond donors (Lipinski definition) is 2. The highest BCUT2D eigenvalue weighted by Gasteiger charge is 2.16. The number of Topliss-reactive ketones (excluding diaryl/α,β-unsaturated/α-hetero) is 1. The normalized spacial score (nSPS) is 13.3. The van der Waals surface area contributed by atoms with Crippen LogP contribution in [0.3, 0.4) is 0 Å². The van der Waals surface area contributed by atoms with E-state index in [0.717, 1.165) is 34.7 Å². The van der Waals surface area contributed by atoms with Crippen molar-refractivity contribution in [2.24, 2.45) is 5.92 Å².